The molecule has 0 saturated heterocycles. The summed E-state index contributed by atoms with van der Waals surface area (Å²) in [5.41, 5.74) is -0.866. The van der Waals surface area contributed by atoms with Gasteiger partial charge in [0.25, 0.3) is 15.7 Å². The van der Waals surface area contributed by atoms with Gasteiger partial charge in [0, 0.05) is 18.7 Å². The quantitative estimate of drug-likeness (QED) is 0.569. The molecule has 2 aromatic carbocycles. The van der Waals surface area contributed by atoms with Gasteiger partial charge in [0.15, 0.2) is 0 Å². The number of nitro benzene ring substituents is 1. The number of non-ortho nitro benzene ring substituents is 1. The van der Waals surface area contributed by atoms with E-state index in [1.807, 2.05) is 0 Å². The fourth-order valence-corrected chi connectivity index (χ4v) is 4.70. The van der Waals surface area contributed by atoms with Crippen molar-refractivity contribution in [2.24, 2.45) is 0 Å². The zero-order chi connectivity index (χ0) is 19.3. The van der Waals surface area contributed by atoms with Crippen LogP contribution in [0.4, 0.5) is 24.5 Å². The summed E-state index contributed by atoms with van der Waals surface area (Å²) in [6, 6.07) is 5.77. The van der Waals surface area contributed by atoms with Gasteiger partial charge in [0.2, 0.25) is 0 Å². The third-order valence-corrected chi connectivity index (χ3v) is 6.25. The summed E-state index contributed by atoms with van der Waals surface area (Å²) in [6.45, 7) is -0.0502. The molecule has 2 aromatic rings. The van der Waals surface area contributed by atoms with Crippen LogP contribution in [0.5, 0.6) is 0 Å². The van der Waals surface area contributed by atoms with Gasteiger partial charge in [-0.3, -0.25) is 14.4 Å². The smallest absolute Gasteiger partial charge is 0.265 e. The van der Waals surface area contributed by atoms with Crippen molar-refractivity contribution in [3.8, 4) is 0 Å². The second-order valence-corrected chi connectivity index (χ2v) is 7.78. The summed E-state index contributed by atoms with van der Waals surface area (Å²) in [5.74, 6) is 0. The van der Waals surface area contributed by atoms with Crippen molar-refractivity contribution in [3.63, 3.8) is 0 Å². The van der Waals surface area contributed by atoms with Crippen molar-refractivity contribution >= 4 is 33.0 Å². The molecule has 0 amide bonds. The average molecular weight is 407 g/mol. The Hall–Kier alpha value is -2.33. The third-order valence-electron chi connectivity index (χ3n) is 3.96. The molecule has 3 rings (SSSR count). The molecule has 1 aliphatic rings. The summed E-state index contributed by atoms with van der Waals surface area (Å²) in [6.07, 6.45) is -4.46. The van der Waals surface area contributed by atoms with Crippen LogP contribution in [0, 0.1) is 10.1 Å². The predicted molar refractivity (Wildman–Crippen MR) is 87.8 cm³/mol. The van der Waals surface area contributed by atoms with E-state index < -0.39 is 31.6 Å². The standard InChI is InChI=1S/C15H10ClF3N2O4S/c16-12-4-2-10(15(17,18)19)7-14(12)26(24,25)20-6-5-9-1-3-11(21(22)23)8-13(9)20/h1-4,7-8H,5-6H2. The summed E-state index contributed by atoms with van der Waals surface area (Å²) in [4.78, 5) is 9.55. The normalized spacial score (nSPS) is 14.4. The van der Waals surface area contributed by atoms with Gasteiger partial charge in [-0.1, -0.05) is 17.7 Å². The van der Waals surface area contributed by atoms with Gasteiger partial charge in [-0.25, -0.2) is 8.42 Å². The van der Waals surface area contributed by atoms with Gasteiger partial charge in [0.1, 0.15) is 4.90 Å². The van der Waals surface area contributed by atoms with Crippen molar-refractivity contribution in [1.82, 2.24) is 0 Å². The number of benzene rings is 2. The number of hydrogen-bond acceptors (Lipinski definition) is 4. The largest absolute Gasteiger partial charge is 0.416 e. The molecule has 0 bridgehead atoms. The van der Waals surface area contributed by atoms with Crippen LogP contribution in [0.3, 0.4) is 0 Å². The van der Waals surface area contributed by atoms with E-state index in [-0.39, 0.29) is 29.4 Å². The molecule has 6 nitrogen and oxygen atoms in total. The molecule has 1 aliphatic heterocycles. The minimum absolute atomic E-state index is 0.0502. The zero-order valence-electron chi connectivity index (χ0n) is 12.8. The van der Waals surface area contributed by atoms with Crippen LogP contribution in [0.2, 0.25) is 5.02 Å². The van der Waals surface area contributed by atoms with Crippen molar-refractivity contribution < 1.29 is 26.5 Å². The summed E-state index contributed by atoms with van der Waals surface area (Å²) in [5, 5.41) is 10.6. The van der Waals surface area contributed by atoms with Crippen LogP contribution >= 0.6 is 11.6 Å². The minimum Gasteiger partial charge on any atom is -0.265 e. The van der Waals surface area contributed by atoms with E-state index >= 15 is 0 Å². The molecule has 0 saturated carbocycles. The average Bonchev–Trinajstić information content (AvgIpc) is 2.97. The van der Waals surface area contributed by atoms with Gasteiger partial charge >= 0.3 is 6.18 Å². The Labute approximate surface area is 151 Å². The number of nitrogens with zero attached hydrogens (tertiary/aromatic N) is 2. The van der Waals surface area contributed by atoms with Crippen LogP contribution in [0.25, 0.3) is 0 Å². The second kappa shape index (κ2) is 6.13. The highest BCUT2D eigenvalue weighted by Gasteiger charge is 2.37. The van der Waals surface area contributed by atoms with E-state index in [2.05, 4.69) is 0 Å². The Morgan fingerprint density at radius 1 is 1.15 bits per heavy atom. The Balaban J connectivity index is 2.12. The molecule has 138 valence electrons. The minimum atomic E-state index is -4.74. The van der Waals surface area contributed by atoms with E-state index in [4.69, 9.17) is 11.6 Å². The number of fused-ring (bicyclic) bond motifs is 1. The van der Waals surface area contributed by atoms with Crippen LogP contribution in [-0.2, 0) is 22.6 Å². The van der Waals surface area contributed by atoms with Crippen molar-refractivity contribution in [2.45, 2.75) is 17.5 Å². The Kier molecular flexibility index (Phi) is 4.35. The first-order valence-corrected chi connectivity index (χ1v) is 9.00. The Morgan fingerprint density at radius 2 is 1.85 bits per heavy atom. The SMILES string of the molecule is O=[N+]([O-])c1ccc2c(c1)N(S(=O)(=O)c1cc(C(F)(F)F)ccc1Cl)CC2. The van der Waals surface area contributed by atoms with E-state index in [9.17, 15) is 31.7 Å². The van der Waals surface area contributed by atoms with Gasteiger partial charge in [-0.2, -0.15) is 13.2 Å². The molecule has 1 heterocycles. The van der Waals surface area contributed by atoms with Gasteiger partial charge < -0.3 is 0 Å². The molecule has 0 fully saturated rings. The lowest BCUT2D eigenvalue weighted by atomic mass is 10.1. The number of nitro groups is 1. The summed E-state index contributed by atoms with van der Waals surface area (Å²) in [7, 11) is -4.43. The lowest BCUT2D eigenvalue weighted by Gasteiger charge is -2.21. The first-order valence-electron chi connectivity index (χ1n) is 7.18. The van der Waals surface area contributed by atoms with Crippen LogP contribution in [0.1, 0.15) is 11.1 Å². The van der Waals surface area contributed by atoms with Crippen LogP contribution < -0.4 is 4.31 Å². The van der Waals surface area contributed by atoms with Crippen molar-refractivity contribution in [3.05, 3.63) is 62.7 Å². The van der Waals surface area contributed by atoms with E-state index in [0.717, 1.165) is 16.4 Å². The topological polar surface area (TPSA) is 80.5 Å². The molecular formula is C15H10ClF3N2O4S. The monoisotopic (exact) mass is 406 g/mol. The third kappa shape index (κ3) is 3.10. The number of hydrogen-bond donors (Lipinski definition) is 0. The summed E-state index contributed by atoms with van der Waals surface area (Å²) < 4.78 is 65.4. The number of sulfonamides is 1. The maximum atomic E-state index is 12.9. The Morgan fingerprint density at radius 3 is 2.46 bits per heavy atom. The fourth-order valence-electron chi connectivity index (χ4n) is 2.70. The Bertz CT molecular complexity index is 1010. The maximum Gasteiger partial charge on any atom is 0.416 e. The number of alkyl halides is 3. The molecule has 0 atom stereocenters. The summed E-state index contributed by atoms with van der Waals surface area (Å²) >= 11 is 5.84. The van der Waals surface area contributed by atoms with E-state index in [1.54, 1.807) is 0 Å². The first-order chi connectivity index (χ1) is 12.0. The van der Waals surface area contributed by atoms with E-state index in [1.165, 1.54) is 12.1 Å². The first kappa shape index (κ1) is 18.5. The van der Waals surface area contributed by atoms with Crippen LogP contribution in [-0.4, -0.2) is 19.9 Å². The second-order valence-electron chi connectivity index (χ2n) is 5.54. The molecule has 26 heavy (non-hydrogen) atoms. The molecule has 11 heteroatoms. The molecule has 0 spiro atoms. The maximum absolute atomic E-state index is 12.9. The van der Waals surface area contributed by atoms with Crippen LogP contribution in [0.15, 0.2) is 41.3 Å². The highest BCUT2D eigenvalue weighted by Crippen LogP contribution is 2.39. The van der Waals surface area contributed by atoms with Crippen molar-refractivity contribution in [2.75, 3.05) is 10.8 Å². The molecule has 0 N–H and O–H groups in total. The molecule has 0 aromatic heterocycles. The molecule has 0 radical (unpaired) electrons. The lowest BCUT2D eigenvalue weighted by molar-refractivity contribution is -0.384. The zero-order valence-corrected chi connectivity index (χ0v) is 14.4. The molecular weight excluding hydrogens is 397 g/mol. The lowest BCUT2D eigenvalue weighted by Crippen LogP contribution is -2.29. The molecule has 0 unspecified atom stereocenters. The van der Waals surface area contributed by atoms with E-state index in [0.29, 0.717) is 17.7 Å². The predicted octanol–water partition coefficient (Wildman–Crippen LogP) is 4.02. The highest BCUT2D eigenvalue weighted by atomic mass is 35.5. The number of rotatable bonds is 3. The number of anilines is 1. The van der Waals surface area contributed by atoms with Gasteiger partial charge in [-0.05, 0) is 30.2 Å². The van der Waals surface area contributed by atoms with Gasteiger partial charge in [0.05, 0.1) is 21.2 Å². The highest BCUT2D eigenvalue weighted by molar-refractivity contribution is 7.93. The van der Waals surface area contributed by atoms with Gasteiger partial charge in [-0.15, -0.1) is 0 Å². The number of halogens is 4. The fraction of sp³-hybridized carbons (Fsp3) is 0.200. The molecule has 0 aliphatic carbocycles. The van der Waals surface area contributed by atoms with Crippen molar-refractivity contribution in [1.29, 1.82) is 0 Å².